The summed E-state index contributed by atoms with van der Waals surface area (Å²) in [6, 6.07) is 14.9. The minimum Gasteiger partial charge on any atom is -0.387 e. The van der Waals surface area contributed by atoms with Crippen LogP contribution in [-0.2, 0) is 11.2 Å². The van der Waals surface area contributed by atoms with Crippen LogP contribution >= 0.6 is 0 Å². The highest BCUT2D eigenvalue weighted by molar-refractivity contribution is 5.85. The van der Waals surface area contributed by atoms with Crippen LogP contribution in [0.4, 0.5) is 0 Å². The third-order valence-corrected chi connectivity index (χ3v) is 5.16. The van der Waals surface area contributed by atoms with Gasteiger partial charge in [-0.1, -0.05) is 42.5 Å². The fourth-order valence-electron chi connectivity index (χ4n) is 3.71. The van der Waals surface area contributed by atoms with E-state index in [-0.39, 0.29) is 0 Å². The summed E-state index contributed by atoms with van der Waals surface area (Å²) < 4.78 is 5.38. The van der Waals surface area contributed by atoms with Gasteiger partial charge in [0, 0.05) is 32.7 Å². The van der Waals surface area contributed by atoms with Crippen molar-refractivity contribution in [2.24, 2.45) is 4.99 Å². The van der Waals surface area contributed by atoms with Gasteiger partial charge in [-0.2, -0.15) is 0 Å². The maximum absolute atomic E-state index is 10.8. The summed E-state index contributed by atoms with van der Waals surface area (Å²) in [5, 5.41) is 20.0. The number of nitrogens with zero attached hydrogens (tertiary/aromatic N) is 2. The molecule has 2 aromatic carbocycles. The molecule has 6 heteroatoms. The smallest absolute Gasteiger partial charge is 0.191 e. The van der Waals surface area contributed by atoms with E-state index in [0.717, 1.165) is 51.8 Å². The van der Waals surface area contributed by atoms with Crippen LogP contribution in [0.1, 0.15) is 19.4 Å². The summed E-state index contributed by atoms with van der Waals surface area (Å²) in [6.45, 7) is 9.63. The van der Waals surface area contributed by atoms with Crippen molar-refractivity contribution in [1.29, 1.82) is 0 Å². The molecule has 0 aromatic heterocycles. The Bertz CT molecular complexity index is 795. The largest absolute Gasteiger partial charge is 0.387 e. The van der Waals surface area contributed by atoms with Crippen molar-refractivity contribution in [2.45, 2.75) is 25.9 Å². The first-order valence-electron chi connectivity index (χ1n) is 10.6. The molecule has 29 heavy (non-hydrogen) atoms. The lowest BCUT2D eigenvalue weighted by Crippen LogP contribution is -2.48. The van der Waals surface area contributed by atoms with Crippen LogP contribution in [0.3, 0.4) is 0 Å². The molecule has 0 spiro atoms. The van der Waals surface area contributed by atoms with Crippen LogP contribution in [0.2, 0.25) is 0 Å². The number of benzene rings is 2. The maximum Gasteiger partial charge on any atom is 0.191 e. The molecule has 0 aliphatic carbocycles. The summed E-state index contributed by atoms with van der Waals surface area (Å²) in [5.74, 6) is 0.745. The Kier molecular flexibility index (Phi) is 7.86. The molecule has 0 amide bonds. The summed E-state index contributed by atoms with van der Waals surface area (Å²) in [4.78, 5) is 6.87. The van der Waals surface area contributed by atoms with Crippen LogP contribution in [0.25, 0.3) is 10.8 Å². The molecule has 0 saturated carbocycles. The van der Waals surface area contributed by atoms with Crippen molar-refractivity contribution < 1.29 is 9.84 Å². The average molecular weight is 399 g/mol. The van der Waals surface area contributed by atoms with Gasteiger partial charge in [0.05, 0.1) is 25.4 Å². The number of ether oxygens (including phenoxy) is 1. The molecule has 1 heterocycles. The number of β-amino-alcohol motifs (C(OH)–C–C–N with tert-alkyl or cyclic N) is 1. The topological polar surface area (TPSA) is 69.1 Å². The number of guanidine groups is 1. The van der Waals surface area contributed by atoms with E-state index in [4.69, 9.17) is 4.74 Å². The number of aliphatic hydroxyl groups is 1. The van der Waals surface area contributed by atoms with Gasteiger partial charge in [0.25, 0.3) is 0 Å². The molecule has 1 atom stereocenters. The van der Waals surface area contributed by atoms with Gasteiger partial charge in [0.1, 0.15) is 0 Å². The average Bonchev–Trinajstić information content (AvgIpc) is 2.72. The summed E-state index contributed by atoms with van der Waals surface area (Å²) >= 11 is 0. The molecule has 1 aliphatic rings. The van der Waals surface area contributed by atoms with Crippen molar-refractivity contribution in [3.63, 3.8) is 0 Å². The van der Waals surface area contributed by atoms with Gasteiger partial charge in [-0.3, -0.25) is 9.89 Å². The van der Waals surface area contributed by atoms with E-state index in [2.05, 4.69) is 63.0 Å². The Morgan fingerprint density at radius 1 is 1.14 bits per heavy atom. The molecule has 158 valence electrons. The standard InChI is InChI=1S/C23H34N4O2/c1-3-24-22(26-17-23(2,28)18-27-13-15-29-16-14-27)25-12-11-20-9-6-8-19-7-4-5-10-21(19)20/h4-10,28H,3,11-18H2,1-2H3,(H2,24,25,26). The van der Waals surface area contributed by atoms with Crippen molar-refractivity contribution in [2.75, 3.05) is 52.5 Å². The van der Waals surface area contributed by atoms with Gasteiger partial charge in [0.2, 0.25) is 0 Å². The molecule has 3 N–H and O–H groups in total. The lowest BCUT2D eigenvalue weighted by Gasteiger charge is -2.33. The molecule has 1 fully saturated rings. The second kappa shape index (κ2) is 10.6. The van der Waals surface area contributed by atoms with Crippen LogP contribution in [0.15, 0.2) is 47.5 Å². The Balaban J connectivity index is 1.54. The fourth-order valence-corrected chi connectivity index (χ4v) is 3.71. The van der Waals surface area contributed by atoms with E-state index in [1.54, 1.807) is 0 Å². The Hall–Kier alpha value is -2.15. The zero-order valence-corrected chi connectivity index (χ0v) is 17.7. The van der Waals surface area contributed by atoms with Crippen molar-refractivity contribution >= 4 is 16.7 Å². The van der Waals surface area contributed by atoms with E-state index in [1.807, 2.05) is 13.8 Å². The first-order chi connectivity index (χ1) is 14.1. The molecule has 1 aliphatic heterocycles. The third-order valence-electron chi connectivity index (χ3n) is 5.16. The predicted octanol–water partition coefficient (Wildman–Crippen LogP) is 2.02. The molecule has 6 nitrogen and oxygen atoms in total. The van der Waals surface area contributed by atoms with E-state index in [9.17, 15) is 5.11 Å². The number of aliphatic imine (C=N–C) groups is 1. The molecule has 2 aromatic rings. The van der Waals surface area contributed by atoms with Gasteiger partial charge < -0.3 is 20.5 Å². The molecule has 3 rings (SSSR count). The molecule has 0 radical (unpaired) electrons. The highest BCUT2D eigenvalue weighted by Crippen LogP contribution is 2.18. The third kappa shape index (κ3) is 6.70. The first-order valence-corrected chi connectivity index (χ1v) is 10.6. The molecular formula is C23H34N4O2. The number of hydrogen-bond acceptors (Lipinski definition) is 4. The monoisotopic (exact) mass is 398 g/mol. The van der Waals surface area contributed by atoms with Gasteiger partial charge in [-0.25, -0.2) is 0 Å². The SMILES string of the molecule is CCNC(=NCC(C)(O)CN1CCOCC1)NCCc1cccc2ccccc12. The number of rotatable bonds is 8. The molecule has 1 unspecified atom stereocenters. The van der Waals surface area contributed by atoms with Crippen LogP contribution in [0.5, 0.6) is 0 Å². The molecule has 0 bridgehead atoms. The zero-order valence-electron chi connectivity index (χ0n) is 17.7. The number of nitrogens with one attached hydrogen (secondary N) is 2. The van der Waals surface area contributed by atoms with E-state index in [1.165, 1.54) is 16.3 Å². The number of morpholine rings is 1. The normalized spacial score (nSPS) is 17.8. The quantitative estimate of drug-likeness (QED) is 0.469. The number of fused-ring (bicyclic) bond motifs is 1. The lowest BCUT2D eigenvalue weighted by atomic mass is 10.0. The molecule has 1 saturated heterocycles. The first kappa shape index (κ1) is 21.6. The minimum atomic E-state index is -0.866. The van der Waals surface area contributed by atoms with Crippen molar-refractivity contribution in [3.8, 4) is 0 Å². The lowest BCUT2D eigenvalue weighted by molar-refractivity contribution is -0.0179. The fraction of sp³-hybridized carbons (Fsp3) is 0.522. The minimum absolute atomic E-state index is 0.355. The van der Waals surface area contributed by atoms with Crippen molar-refractivity contribution in [3.05, 3.63) is 48.0 Å². The summed E-state index contributed by atoms with van der Waals surface area (Å²) in [5.41, 5.74) is 0.459. The maximum atomic E-state index is 10.8. The summed E-state index contributed by atoms with van der Waals surface area (Å²) in [6.07, 6.45) is 0.913. The number of hydrogen-bond donors (Lipinski definition) is 3. The second-order valence-corrected chi connectivity index (χ2v) is 7.90. The van der Waals surface area contributed by atoms with Gasteiger partial charge >= 0.3 is 0 Å². The van der Waals surface area contributed by atoms with Crippen LogP contribution in [0, 0.1) is 0 Å². The van der Waals surface area contributed by atoms with Gasteiger partial charge in [-0.05, 0) is 36.6 Å². The Labute approximate surface area is 174 Å². The zero-order chi connectivity index (χ0) is 20.5. The Morgan fingerprint density at radius 2 is 1.90 bits per heavy atom. The van der Waals surface area contributed by atoms with Crippen molar-refractivity contribution in [1.82, 2.24) is 15.5 Å². The van der Waals surface area contributed by atoms with Crippen LogP contribution < -0.4 is 10.6 Å². The van der Waals surface area contributed by atoms with Gasteiger partial charge in [0.15, 0.2) is 5.96 Å². The van der Waals surface area contributed by atoms with E-state index < -0.39 is 5.60 Å². The van der Waals surface area contributed by atoms with Crippen LogP contribution in [-0.4, -0.2) is 74.0 Å². The van der Waals surface area contributed by atoms with Gasteiger partial charge in [-0.15, -0.1) is 0 Å². The predicted molar refractivity (Wildman–Crippen MR) is 120 cm³/mol. The van der Waals surface area contributed by atoms with E-state index in [0.29, 0.717) is 13.1 Å². The second-order valence-electron chi connectivity index (χ2n) is 7.90. The highest BCUT2D eigenvalue weighted by Gasteiger charge is 2.25. The highest BCUT2D eigenvalue weighted by atomic mass is 16.5. The summed E-state index contributed by atoms with van der Waals surface area (Å²) in [7, 11) is 0. The van der Waals surface area contributed by atoms with E-state index >= 15 is 0 Å². The Morgan fingerprint density at radius 3 is 2.69 bits per heavy atom. The molecular weight excluding hydrogens is 364 g/mol.